The van der Waals surface area contributed by atoms with Gasteiger partial charge in [-0.05, 0) is 30.5 Å². The van der Waals surface area contributed by atoms with Crippen molar-refractivity contribution in [3.8, 4) is 17.2 Å². The largest absolute Gasteiger partial charge is 0.493 e. The first-order valence-electron chi connectivity index (χ1n) is 9.84. The number of benzene rings is 2. The minimum Gasteiger partial charge on any atom is -0.493 e. The highest BCUT2D eigenvalue weighted by Crippen LogP contribution is 2.41. The Kier molecular flexibility index (Phi) is 6.76. The Hall–Kier alpha value is -2.78. The molecule has 31 heavy (non-hydrogen) atoms. The third-order valence-corrected chi connectivity index (χ3v) is 6.03. The number of rotatable bonds is 8. The zero-order valence-electron chi connectivity index (χ0n) is 17.8. The summed E-state index contributed by atoms with van der Waals surface area (Å²) in [5, 5.41) is 9.66. The van der Waals surface area contributed by atoms with Gasteiger partial charge in [0, 0.05) is 30.7 Å². The summed E-state index contributed by atoms with van der Waals surface area (Å²) in [6, 6.07) is 12.7. The summed E-state index contributed by atoms with van der Waals surface area (Å²) in [7, 11) is -1.09. The molecule has 1 saturated heterocycles. The topological polar surface area (TPSA) is 102 Å². The molecule has 1 unspecified atom stereocenters. The normalized spacial score (nSPS) is 18.6. The van der Waals surface area contributed by atoms with Crippen molar-refractivity contribution in [2.75, 3.05) is 40.2 Å². The van der Waals surface area contributed by atoms with Crippen molar-refractivity contribution in [2.45, 2.75) is 18.3 Å². The molecule has 0 spiro atoms. The van der Waals surface area contributed by atoms with Crippen LogP contribution in [0.2, 0.25) is 0 Å². The third kappa shape index (κ3) is 4.94. The zero-order chi connectivity index (χ0) is 22.6. The van der Waals surface area contributed by atoms with Gasteiger partial charge >= 0.3 is 10.1 Å². The summed E-state index contributed by atoms with van der Waals surface area (Å²) < 4.78 is 38.9. The van der Waals surface area contributed by atoms with Gasteiger partial charge in [0.2, 0.25) is 5.75 Å². The van der Waals surface area contributed by atoms with Gasteiger partial charge in [0.05, 0.1) is 20.5 Å². The van der Waals surface area contributed by atoms with Crippen molar-refractivity contribution in [2.24, 2.45) is 0 Å². The van der Waals surface area contributed by atoms with E-state index in [1.165, 1.54) is 26.4 Å². The molecule has 0 aromatic heterocycles. The maximum absolute atomic E-state index is 13.3. The van der Waals surface area contributed by atoms with E-state index in [2.05, 4.69) is 0 Å². The van der Waals surface area contributed by atoms with Gasteiger partial charge < -0.3 is 23.7 Å². The first-order chi connectivity index (χ1) is 14.7. The van der Waals surface area contributed by atoms with E-state index in [-0.39, 0.29) is 40.7 Å². The molecular weight excluding hydrogens is 422 g/mol. The van der Waals surface area contributed by atoms with Gasteiger partial charge in [-0.15, -0.1) is 0 Å². The molecule has 0 bridgehead atoms. The maximum Gasteiger partial charge on any atom is 0.306 e. The number of carbonyl (C=O) groups excluding carboxylic acids is 1. The summed E-state index contributed by atoms with van der Waals surface area (Å²) >= 11 is 0. The Labute approximate surface area is 182 Å². The van der Waals surface area contributed by atoms with Gasteiger partial charge in [0.1, 0.15) is 0 Å². The Morgan fingerprint density at radius 3 is 2.39 bits per heavy atom. The number of hydrogen-bond donors (Lipinski definition) is 1. The number of carbonyl (C=O) groups is 1. The third-order valence-electron chi connectivity index (χ3n) is 5.55. The quantitative estimate of drug-likeness (QED) is 0.617. The van der Waals surface area contributed by atoms with Crippen LogP contribution in [0.25, 0.3) is 0 Å². The number of hydrogen-bond acceptors (Lipinski definition) is 7. The van der Waals surface area contributed by atoms with Crippen LogP contribution in [0.5, 0.6) is 17.2 Å². The highest BCUT2D eigenvalue weighted by atomic mass is 32.2. The zero-order valence-corrected chi connectivity index (χ0v) is 18.6. The lowest BCUT2D eigenvalue weighted by atomic mass is 9.77. The molecule has 0 radical (unpaired) electrons. The summed E-state index contributed by atoms with van der Waals surface area (Å²) in [4.78, 5) is 15.0. The van der Waals surface area contributed by atoms with E-state index < -0.39 is 10.1 Å². The molecule has 168 valence electrons. The van der Waals surface area contributed by atoms with Gasteiger partial charge in [0.15, 0.2) is 11.5 Å². The van der Waals surface area contributed by atoms with Crippen LogP contribution in [0.15, 0.2) is 42.5 Å². The molecule has 2 aromatic rings. The van der Waals surface area contributed by atoms with Crippen molar-refractivity contribution < 1.29 is 32.0 Å². The molecular formula is C22H27NO7S. The summed E-state index contributed by atoms with van der Waals surface area (Å²) in [6.45, 7) is 0.955. The summed E-state index contributed by atoms with van der Waals surface area (Å²) in [5.74, 6) is -0.118. The van der Waals surface area contributed by atoms with Crippen molar-refractivity contribution in [3.05, 3.63) is 53.6 Å². The number of nitrogens with zero attached hydrogens (tertiary/aromatic N) is 1. The standard InChI is InChI=1S/C22H27NO7S/c1-28-18-13-16(14-19(20(18)29-2)30-31(3,26)27)21(25)23-11-9-22(15-23,10-12-24)17-7-5-4-6-8-17/h4-8,13-14,24H,9-12,15H2,1-3H3. The number of amides is 1. The van der Waals surface area contributed by atoms with E-state index in [4.69, 9.17) is 13.7 Å². The van der Waals surface area contributed by atoms with Crippen molar-refractivity contribution >= 4 is 16.0 Å². The van der Waals surface area contributed by atoms with Crippen LogP contribution in [-0.4, -0.2) is 64.5 Å². The second-order valence-corrected chi connectivity index (χ2v) is 9.17. The van der Waals surface area contributed by atoms with Crippen LogP contribution in [0.3, 0.4) is 0 Å². The lowest BCUT2D eigenvalue weighted by Crippen LogP contribution is -2.35. The van der Waals surface area contributed by atoms with Crippen LogP contribution in [0, 0.1) is 0 Å². The maximum atomic E-state index is 13.3. The second-order valence-electron chi connectivity index (χ2n) is 7.59. The predicted octanol–water partition coefficient (Wildman–Crippen LogP) is 2.21. The van der Waals surface area contributed by atoms with Crippen molar-refractivity contribution in [1.29, 1.82) is 0 Å². The fourth-order valence-electron chi connectivity index (χ4n) is 4.10. The van der Waals surface area contributed by atoms with Gasteiger partial charge in [-0.3, -0.25) is 4.79 Å². The molecule has 9 heteroatoms. The summed E-state index contributed by atoms with van der Waals surface area (Å²) in [6.07, 6.45) is 2.16. The van der Waals surface area contributed by atoms with E-state index in [0.717, 1.165) is 11.8 Å². The van der Waals surface area contributed by atoms with E-state index in [1.54, 1.807) is 4.90 Å². The lowest BCUT2D eigenvalue weighted by Gasteiger charge is -2.29. The lowest BCUT2D eigenvalue weighted by molar-refractivity contribution is 0.0778. The van der Waals surface area contributed by atoms with Crippen molar-refractivity contribution in [1.82, 2.24) is 4.90 Å². The fourth-order valence-corrected chi connectivity index (χ4v) is 4.55. The van der Waals surface area contributed by atoms with Gasteiger partial charge in [0.25, 0.3) is 5.91 Å². The van der Waals surface area contributed by atoms with Crippen LogP contribution >= 0.6 is 0 Å². The molecule has 8 nitrogen and oxygen atoms in total. The van der Waals surface area contributed by atoms with Gasteiger partial charge in [-0.2, -0.15) is 8.42 Å². The molecule has 1 atom stereocenters. The molecule has 1 heterocycles. The fraction of sp³-hybridized carbons (Fsp3) is 0.409. The van der Waals surface area contributed by atoms with Crippen LogP contribution in [0.1, 0.15) is 28.8 Å². The monoisotopic (exact) mass is 449 g/mol. The first-order valence-corrected chi connectivity index (χ1v) is 11.7. The summed E-state index contributed by atoms with van der Waals surface area (Å²) in [5.41, 5.74) is 0.964. The van der Waals surface area contributed by atoms with Crippen LogP contribution in [-0.2, 0) is 15.5 Å². The minimum absolute atomic E-state index is 0.0135. The molecule has 1 fully saturated rings. The van der Waals surface area contributed by atoms with E-state index in [9.17, 15) is 18.3 Å². The molecule has 0 aliphatic carbocycles. The van der Waals surface area contributed by atoms with Crippen molar-refractivity contribution in [3.63, 3.8) is 0 Å². The Bertz CT molecular complexity index is 1040. The molecule has 0 saturated carbocycles. The number of methoxy groups -OCH3 is 2. The minimum atomic E-state index is -3.85. The molecule has 1 aliphatic heterocycles. The van der Waals surface area contributed by atoms with Gasteiger partial charge in [-0.25, -0.2) is 0 Å². The van der Waals surface area contributed by atoms with Crippen LogP contribution in [0.4, 0.5) is 0 Å². The SMILES string of the molecule is COc1cc(C(=O)N2CCC(CCO)(c3ccccc3)C2)cc(OS(C)(=O)=O)c1OC. The number of likely N-dealkylation sites (tertiary alicyclic amines) is 1. The first kappa shape index (κ1) is 22.9. The highest BCUT2D eigenvalue weighted by molar-refractivity contribution is 7.86. The van der Waals surface area contributed by atoms with Crippen LogP contribution < -0.4 is 13.7 Å². The average Bonchev–Trinajstić information content (AvgIpc) is 3.17. The van der Waals surface area contributed by atoms with Gasteiger partial charge in [-0.1, -0.05) is 30.3 Å². The van der Waals surface area contributed by atoms with E-state index in [1.807, 2.05) is 30.3 Å². The molecule has 1 aliphatic rings. The Morgan fingerprint density at radius 2 is 1.81 bits per heavy atom. The highest BCUT2D eigenvalue weighted by Gasteiger charge is 2.41. The Balaban J connectivity index is 1.95. The van der Waals surface area contributed by atoms with E-state index in [0.29, 0.717) is 25.9 Å². The Morgan fingerprint density at radius 1 is 1.13 bits per heavy atom. The molecule has 1 amide bonds. The number of ether oxygens (including phenoxy) is 2. The average molecular weight is 450 g/mol. The van der Waals surface area contributed by atoms with E-state index >= 15 is 0 Å². The molecule has 2 aromatic carbocycles. The number of aliphatic hydroxyl groups is 1. The smallest absolute Gasteiger partial charge is 0.306 e. The second kappa shape index (κ2) is 9.15. The molecule has 1 N–H and O–H groups in total. The number of aliphatic hydroxyl groups excluding tert-OH is 1. The predicted molar refractivity (Wildman–Crippen MR) is 115 cm³/mol. The molecule has 3 rings (SSSR count).